The zero-order valence-electron chi connectivity index (χ0n) is 16.4. The summed E-state index contributed by atoms with van der Waals surface area (Å²) < 4.78 is 3.32. The summed E-state index contributed by atoms with van der Waals surface area (Å²) in [7, 11) is 0. The molecule has 1 amide bonds. The molecule has 0 radical (unpaired) electrons. The van der Waals surface area contributed by atoms with Crippen LogP contribution >= 0.6 is 11.6 Å². The number of hydrogen-bond acceptors (Lipinski definition) is 5. The molecule has 9 heteroatoms. The number of carbonyl (C=O) groups is 1. The zero-order valence-corrected chi connectivity index (χ0v) is 17.2. The first-order valence-electron chi connectivity index (χ1n) is 9.48. The van der Waals surface area contributed by atoms with Crippen LogP contribution in [-0.4, -0.2) is 35.3 Å². The monoisotopic (exact) mass is 429 g/mol. The van der Waals surface area contributed by atoms with E-state index in [-0.39, 0.29) is 11.6 Å². The largest absolute Gasteiger partial charge is 0.321 e. The summed E-state index contributed by atoms with van der Waals surface area (Å²) >= 11 is 6.02. The Kier molecular flexibility index (Phi) is 4.68. The van der Waals surface area contributed by atoms with Gasteiger partial charge in [0.1, 0.15) is 6.33 Å². The molecule has 152 valence electrons. The van der Waals surface area contributed by atoms with Gasteiger partial charge in [-0.15, -0.1) is 0 Å². The number of aromatic nitrogens is 6. The lowest BCUT2D eigenvalue weighted by Crippen LogP contribution is -2.13. The summed E-state index contributed by atoms with van der Waals surface area (Å²) in [4.78, 5) is 21.7. The van der Waals surface area contributed by atoms with Crippen LogP contribution in [0.5, 0.6) is 0 Å². The van der Waals surface area contributed by atoms with Gasteiger partial charge in [0.2, 0.25) is 0 Å². The van der Waals surface area contributed by atoms with Gasteiger partial charge in [-0.25, -0.2) is 19.2 Å². The second-order valence-electron chi connectivity index (χ2n) is 6.91. The fourth-order valence-electron chi connectivity index (χ4n) is 3.25. The van der Waals surface area contributed by atoms with Gasteiger partial charge in [0.25, 0.3) is 5.91 Å². The number of nitrogens with zero attached hydrogens (tertiary/aromatic N) is 6. The summed E-state index contributed by atoms with van der Waals surface area (Å²) in [5.74, 6) is 0.257. The van der Waals surface area contributed by atoms with Crippen molar-refractivity contribution in [3.8, 4) is 17.1 Å². The summed E-state index contributed by atoms with van der Waals surface area (Å²) in [5.41, 5.74) is 3.92. The SMILES string of the molecule is Cc1cccc(-n2nc(C(=O)Nc3cccc(Cl)c3)cc2-c2ccc3ncnn3c2)n1. The Labute approximate surface area is 182 Å². The number of anilines is 1. The zero-order chi connectivity index (χ0) is 21.4. The lowest BCUT2D eigenvalue weighted by molar-refractivity contribution is 0.102. The maximum atomic E-state index is 12.9. The number of carbonyl (C=O) groups excluding carboxylic acids is 1. The summed E-state index contributed by atoms with van der Waals surface area (Å²) in [6, 6.07) is 18.1. The molecular weight excluding hydrogens is 414 g/mol. The number of nitrogens with one attached hydrogen (secondary N) is 1. The predicted molar refractivity (Wildman–Crippen MR) is 117 cm³/mol. The van der Waals surface area contributed by atoms with Crippen LogP contribution in [0.3, 0.4) is 0 Å². The fraction of sp³-hybridized carbons (Fsp3) is 0.0455. The van der Waals surface area contributed by atoms with Crippen molar-refractivity contribution in [2.75, 3.05) is 5.32 Å². The second-order valence-corrected chi connectivity index (χ2v) is 7.35. The van der Waals surface area contributed by atoms with E-state index >= 15 is 0 Å². The van der Waals surface area contributed by atoms with E-state index in [1.54, 1.807) is 39.5 Å². The van der Waals surface area contributed by atoms with Gasteiger partial charge >= 0.3 is 0 Å². The third-order valence-corrected chi connectivity index (χ3v) is 4.92. The lowest BCUT2D eigenvalue weighted by atomic mass is 10.2. The van der Waals surface area contributed by atoms with E-state index < -0.39 is 0 Å². The minimum atomic E-state index is -0.350. The molecule has 0 saturated carbocycles. The highest BCUT2D eigenvalue weighted by molar-refractivity contribution is 6.30. The Morgan fingerprint density at radius 1 is 1.06 bits per heavy atom. The summed E-state index contributed by atoms with van der Waals surface area (Å²) in [6.07, 6.45) is 3.33. The Hall–Kier alpha value is -4.04. The number of halogens is 1. The van der Waals surface area contributed by atoms with Crippen LogP contribution in [0.1, 0.15) is 16.2 Å². The molecule has 5 aromatic rings. The average molecular weight is 430 g/mol. The molecule has 0 aliphatic heterocycles. The molecule has 0 unspecified atom stereocenters. The Balaban J connectivity index is 1.60. The van der Waals surface area contributed by atoms with Gasteiger partial charge in [0, 0.05) is 28.2 Å². The van der Waals surface area contributed by atoms with Gasteiger partial charge < -0.3 is 5.32 Å². The number of benzene rings is 1. The molecule has 8 nitrogen and oxygen atoms in total. The maximum Gasteiger partial charge on any atom is 0.276 e. The molecule has 1 aromatic carbocycles. The topological polar surface area (TPSA) is 90.0 Å². The van der Waals surface area contributed by atoms with Crippen LogP contribution < -0.4 is 5.32 Å². The number of amides is 1. The normalized spacial score (nSPS) is 11.0. The number of hydrogen-bond donors (Lipinski definition) is 1. The average Bonchev–Trinajstić information content (AvgIpc) is 3.40. The highest BCUT2D eigenvalue weighted by Gasteiger charge is 2.18. The first-order chi connectivity index (χ1) is 15.1. The van der Waals surface area contributed by atoms with Gasteiger partial charge in [0.05, 0.1) is 5.69 Å². The molecule has 0 spiro atoms. The van der Waals surface area contributed by atoms with Crippen LogP contribution in [0.25, 0.3) is 22.7 Å². The van der Waals surface area contributed by atoms with Crippen molar-refractivity contribution in [2.24, 2.45) is 0 Å². The van der Waals surface area contributed by atoms with Crippen molar-refractivity contribution in [2.45, 2.75) is 6.92 Å². The molecule has 4 heterocycles. The highest BCUT2D eigenvalue weighted by atomic mass is 35.5. The van der Waals surface area contributed by atoms with Crippen LogP contribution in [0, 0.1) is 6.92 Å². The molecule has 0 aliphatic rings. The smallest absolute Gasteiger partial charge is 0.276 e. The van der Waals surface area contributed by atoms with Crippen LogP contribution in [0.2, 0.25) is 5.02 Å². The van der Waals surface area contributed by atoms with Crippen molar-refractivity contribution in [3.63, 3.8) is 0 Å². The first kappa shape index (κ1) is 19.0. The van der Waals surface area contributed by atoms with E-state index in [9.17, 15) is 4.79 Å². The Morgan fingerprint density at radius 2 is 1.94 bits per heavy atom. The van der Waals surface area contributed by atoms with Crippen LogP contribution in [-0.2, 0) is 0 Å². The number of pyridine rings is 2. The number of fused-ring (bicyclic) bond motifs is 1. The first-order valence-corrected chi connectivity index (χ1v) is 9.85. The second kappa shape index (κ2) is 7.66. The van der Waals surface area contributed by atoms with E-state index in [0.29, 0.717) is 22.2 Å². The van der Waals surface area contributed by atoms with Crippen molar-refractivity contribution in [1.82, 2.24) is 29.4 Å². The van der Waals surface area contributed by atoms with E-state index in [2.05, 4.69) is 25.5 Å². The summed E-state index contributed by atoms with van der Waals surface area (Å²) in [6.45, 7) is 1.90. The third kappa shape index (κ3) is 3.76. The molecule has 5 rings (SSSR count). The van der Waals surface area contributed by atoms with Crippen molar-refractivity contribution in [3.05, 3.63) is 89.6 Å². The lowest BCUT2D eigenvalue weighted by Gasteiger charge is -2.07. The van der Waals surface area contributed by atoms with Gasteiger partial charge in [-0.2, -0.15) is 10.2 Å². The molecule has 0 atom stereocenters. The van der Waals surface area contributed by atoms with Crippen molar-refractivity contribution < 1.29 is 4.79 Å². The molecule has 31 heavy (non-hydrogen) atoms. The summed E-state index contributed by atoms with van der Waals surface area (Å²) in [5, 5.41) is 12.1. The van der Waals surface area contributed by atoms with Crippen molar-refractivity contribution in [1.29, 1.82) is 0 Å². The van der Waals surface area contributed by atoms with Gasteiger partial charge in [0.15, 0.2) is 17.2 Å². The van der Waals surface area contributed by atoms with E-state index in [1.807, 2.05) is 43.5 Å². The van der Waals surface area contributed by atoms with E-state index in [0.717, 1.165) is 16.9 Å². The van der Waals surface area contributed by atoms with Crippen LogP contribution in [0.4, 0.5) is 5.69 Å². The molecule has 1 N–H and O–H groups in total. The highest BCUT2D eigenvalue weighted by Crippen LogP contribution is 2.25. The molecule has 0 fully saturated rings. The van der Waals surface area contributed by atoms with Gasteiger partial charge in [-0.05, 0) is 55.5 Å². The number of rotatable bonds is 4. The molecule has 0 aliphatic carbocycles. The van der Waals surface area contributed by atoms with E-state index in [4.69, 9.17) is 11.6 Å². The molecule has 0 bridgehead atoms. The minimum absolute atomic E-state index is 0.247. The van der Waals surface area contributed by atoms with Crippen molar-refractivity contribution >= 4 is 28.8 Å². The minimum Gasteiger partial charge on any atom is -0.321 e. The third-order valence-electron chi connectivity index (χ3n) is 4.68. The standard InChI is InChI=1S/C22H16ClN7O/c1-14-4-2-7-21(26-14)30-19(15-8-9-20-24-13-25-29(20)12-15)11-18(28-30)22(31)27-17-6-3-5-16(23)10-17/h2-13H,1H3,(H,27,31). The van der Waals surface area contributed by atoms with Gasteiger partial charge in [-0.1, -0.05) is 23.7 Å². The van der Waals surface area contributed by atoms with E-state index in [1.165, 1.54) is 6.33 Å². The quantitative estimate of drug-likeness (QED) is 0.462. The predicted octanol–water partition coefficient (Wildman–Crippen LogP) is 4.19. The molecule has 0 saturated heterocycles. The molecular formula is C22H16ClN7O. The molecule has 4 aromatic heterocycles. The fourth-order valence-corrected chi connectivity index (χ4v) is 3.44. The van der Waals surface area contributed by atoms with Gasteiger partial charge in [-0.3, -0.25) is 4.79 Å². The van der Waals surface area contributed by atoms with Crippen LogP contribution in [0.15, 0.2) is 73.2 Å². The Bertz CT molecular complexity index is 1420. The Morgan fingerprint density at radius 3 is 2.77 bits per heavy atom. The maximum absolute atomic E-state index is 12.9. The number of aryl methyl sites for hydroxylation is 1.